The van der Waals surface area contributed by atoms with Gasteiger partial charge >= 0.3 is 0 Å². The van der Waals surface area contributed by atoms with Gasteiger partial charge in [-0.05, 0) is 55.0 Å². The Kier molecular flexibility index (Phi) is 5.48. The molecular formula is C24H22FN3O2. The number of fused-ring (bicyclic) bond motifs is 1. The zero-order valence-electron chi connectivity index (χ0n) is 16.8. The molecule has 1 unspecified atom stereocenters. The van der Waals surface area contributed by atoms with E-state index < -0.39 is 0 Å². The minimum atomic E-state index is -0.296. The first-order valence-electron chi connectivity index (χ1n) is 9.69. The molecule has 0 aliphatic carbocycles. The van der Waals surface area contributed by atoms with E-state index in [9.17, 15) is 9.18 Å². The largest absolute Gasteiger partial charge is 0.487 e. The zero-order valence-corrected chi connectivity index (χ0v) is 16.8. The first-order chi connectivity index (χ1) is 14.5. The van der Waals surface area contributed by atoms with Crippen molar-refractivity contribution >= 4 is 11.6 Å². The normalized spacial score (nSPS) is 12.0. The summed E-state index contributed by atoms with van der Waals surface area (Å²) < 4.78 is 21.0. The lowest BCUT2D eigenvalue weighted by Gasteiger charge is -2.25. The van der Waals surface area contributed by atoms with Crippen molar-refractivity contribution in [2.24, 2.45) is 0 Å². The Balaban J connectivity index is 1.45. The number of carbonyl (C=O) groups is 1. The smallest absolute Gasteiger partial charge is 0.254 e. The van der Waals surface area contributed by atoms with Crippen LogP contribution in [0.3, 0.4) is 0 Å². The molecule has 2 aromatic carbocycles. The summed E-state index contributed by atoms with van der Waals surface area (Å²) in [6.07, 6.45) is 3.85. The van der Waals surface area contributed by atoms with E-state index in [1.54, 1.807) is 42.3 Å². The molecule has 0 saturated carbocycles. The number of hydrogen-bond donors (Lipinski definition) is 0. The maximum Gasteiger partial charge on any atom is 0.254 e. The van der Waals surface area contributed by atoms with Crippen LogP contribution < -0.4 is 4.74 Å². The van der Waals surface area contributed by atoms with Gasteiger partial charge in [-0.25, -0.2) is 9.37 Å². The number of rotatable bonds is 6. The van der Waals surface area contributed by atoms with E-state index in [-0.39, 0.29) is 17.8 Å². The second-order valence-corrected chi connectivity index (χ2v) is 7.16. The number of ether oxygens (including phenoxy) is 1. The lowest BCUT2D eigenvalue weighted by molar-refractivity contribution is 0.0742. The average Bonchev–Trinajstić information content (AvgIpc) is 3.20. The van der Waals surface area contributed by atoms with Crippen molar-refractivity contribution < 1.29 is 13.9 Å². The predicted molar refractivity (Wildman–Crippen MR) is 113 cm³/mol. The highest BCUT2D eigenvalue weighted by Gasteiger charge is 2.19. The van der Waals surface area contributed by atoms with Gasteiger partial charge in [0.1, 0.15) is 23.8 Å². The van der Waals surface area contributed by atoms with Gasteiger partial charge in [-0.3, -0.25) is 4.79 Å². The van der Waals surface area contributed by atoms with Crippen LogP contribution in [0, 0.1) is 5.82 Å². The molecule has 0 N–H and O–H groups in total. The van der Waals surface area contributed by atoms with Crippen molar-refractivity contribution in [1.29, 1.82) is 0 Å². The molecule has 30 heavy (non-hydrogen) atoms. The van der Waals surface area contributed by atoms with Gasteiger partial charge in [0.2, 0.25) is 0 Å². The Labute approximate surface area is 174 Å². The van der Waals surface area contributed by atoms with Crippen LogP contribution in [-0.2, 0) is 6.61 Å². The molecule has 5 nitrogen and oxygen atoms in total. The third kappa shape index (κ3) is 4.17. The minimum Gasteiger partial charge on any atom is -0.487 e. The summed E-state index contributed by atoms with van der Waals surface area (Å²) in [6.45, 7) is 2.22. The van der Waals surface area contributed by atoms with Gasteiger partial charge in [0, 0.05) is 25.0 Å². The molecule has 0 bridgehead atoms. The summed E-state index contributed by atoms with van der Waals surface area (Å²) in [5.41, 5.74) is 3.06. The van der Waals surface area contributed by atoms with Crippen LogP contribution in [-0.4, -0.2) is 27.2 Å². The van der Waals surface area contributed by atoms with E-state index in [1.807, 2.05) is 48.0 Å². The fourth-order valence-electron chi connectivity index (χ4n) is 3.28. The van der Waals surface area contributed by atoms with Crippen molar-refractivity contribution in [3.05, 3.63) is 102 Å². The van der Waals surface area contributed by atoms with Gasteiger partial charge in [0.05, 0.1) is 11.7 Å². The Morgan fingerprint density at radius 3 is 2.70 bits per heavy atom. The van der Waals surface area contributed by atoms with Gasteiger partial charge in [-0.1, -0.05) is 24.3 Å². The Morgan fingerprint density at radius 1 is 1.13 bits per heavy atom. The molecule has 152 valence electrons. The summed E-state index contributed by atoms with van der Waals surface area (Å²) in [4.78, 5) is 19.1. The SMILES string of the molecule is CC(c1ccc(F)cc1)N(C)C(=O)c1cccc(OCc2cn3ccccc3n2)c1. The van der Waals surface area contributed by atoms with Crippen LogP contribution >= 0.6 is 0 Å². The van der Waals surface area contributed by atoms with Gasteiger partial charge < -0.3 is 14.0 Å². The second kappa shape index (κ2) is 8.37. The predicted octanol–water partition coefficient (Wildman–Crippen LogP) is 4.89. The molecule has 0 aliphatic rings. The quantitative estimate of drug-likeness (QED) is 0.461. The minimum absolute atomic E-state index is 0.134. The lowest BCUT2D eigenvalue weighted by atomic mass is 10.1. The number of amides is 1. The van der Waals surface area contributed by atoms with Crippen LogP contribution in [0.5, 0.6) is 5.75 Å². The van der Waals surface area contributed by atoms with Crippen molar-refractivity contribution in [3.63, 3.8) is 0 Å². The van der Waals surface area contributed by atoms with E-state index in [0.717, 1.165) is 16.9 Å². The molecular weight excluding hydrogens is 381 g/mol. The highest BCUT2D eigenvalue weighted by atomic mass is 19.1. The van der Waals surface area contributed by atoms with Crippen LogP contribution in [0.25, 0.3) is 5.65 Å². The van der Waals surface area contributed by atoms with Crippen LogP contribution in [0.15, 0.2) is 79.1 Å². The van der Waals surface area contributed by atoms with Crippen molar-refractivity contribution in [2.45, 2.75) is 19.6 Å². The number of hydrogen-bond acceptors (Lipinski definition) is 3. The first kappa shape index (κ1) is 19.6. The highest BCUT2D eigenvalue weighted by Crippen LogP contribution is 2.23. The van der Waals surface area contributed by atoms with Gasteiger partial charge in [-0.2, -0.15) is 0 Å². The number of carbonyl (C=O) groups excluding carboxylic acids is 1. The summed E-state index contributed by atoms with van der Waals surface area (Å²) in [5.74, 6) is 0.168. The topological polar surface area (TPSA) is 46.8 Å². The molecule has 1 amide bonds. The molecule has 0 radical (unpaired) electrons. The number of aromatic nitrogens is 2. The van der Waals surface area contributed by atoms with Crippen molar-refractivity contribution in [1.82, 2.24) is 14.3 Å². The molecule has 6 heteroatoms. The van der Waals surface area contributed by atoms with Crippen molar-refractivity contribution in [2.75, 3.05) is 7.05 Å². The maximum absolute atomic E-state index is 13.2. The molecule has 4 rings (SSSR count). The Bertz CT molecular complexity index is 1140. The molecule has 0 spiro atoms. The Morgan fingerprint density at radius 2 is 1.93 bits per heavy atom. The summed E-state index contributed by atoms with van der Waals surface area (Å²) in [7, 11) is 1.74. The molecule has 0 saturated heterocycles. The van der Waals surface area contributed by atoms with E-state index in [0.29, 0.717) is 17.9 Å². The third-order valence-electron chi connectivity index (χ3n) is 5.14. The van der Waals surface area contributed by atoms with Crippen LogP contribution in [0.2, 0.25) is 0 Å². The standard InChI is InChI=1S/C24H22FN3O2/c1-17(18-9-11-20(25)12-10-18)27(2)24(29)19-6-5-7-22(14-19)30-16-21-15-28-13-4-3-8-23(28)26-21/h3-15,17H,16H2,1-2H3. The third-order valence-corrected chi connectivity index (χ3v) is 5.14. The van der Waals surface area contributed by atoms with E-state index in [2.05, 4.69) is 4.98 Å². The average molecular weight is 403 g/mol. The maximum atomic E-state index is 13.2. The fraction of sp³-hybridized carbons (Fsp3) is 0.167. The van der Waals surface area contributed by atoms with Crippen LogP contribution in [0.1, 0.15) is 34.6 Å². The monoisotopic (exact) mass is 403 g/mol. The number of nitrogens with zero attached hydrogens (tertiary/aromatic N) is 3. The van der Waals surface area contributed by atoms with E-state index in [4.69, 9.17) is 4.74 Å². The number of pyridine rings is 1. The number of imidazole rings is 1. The highest BCUT2D eigenvalue weighted by molar-refractivity contribution is 5.94. The lowest BCUT2D eigenvalue weighted by Crippen LogP contribution is -2.29. The number of benzene rings is 2. The van der Waals surface area contributed by atoms with Gasteiger partial charge in [-0.15, -0.1) is 0 Å². The summed E-state index contributed by atoms with van der Waals surface area (Å²) in [5, 5.41) is 0. The molecule has 1 atom stereocenters. The second-order valence-electron chi connectivity index (χ2n) is 7.16. The molecule has 0 fully saturated rings. The van der Waals surface area contributed by atoms with E-state index >= 15 is 0 Å². The first-order valence-corrected chi connectivity index (χ1v) is 9.69. The van der Waals surface area contributed by atoms with Gasteiger partial charge in [0.15, 0.2) is 0 Å². The summed E-state index contributed by atoms with van der Waals surface area (Å²) >= 11 is 0. The Hall–Kier alpha value is -3.67. The van der Waals surface area contributed by atoms with Crippen LogP contribution in [0.4, 0.5) is 4.39 Å². The molecule has 0 aliphatic heterocycles. The molecule has 2 heterocycles. The van der Waals surface area contributed by atoms with E-state index in [1.165, 1.54) is 12.1 Å². The molecule has 2 aromatic heterocycles. The van der Waals surface area contributed by atoms with Gasteiger partial charge in [0.25, 0.3) is 5.91 Å². The zero-order chi connectivity index (χ0) is 21.1. The van der Waals surface area contributed by atoms with Crippen molar-refractivity contribution in [3.8, 4) is 5.75 Å². The number of halogens is 1. The molecule has 4 aromatic rings. The fourth-order valence-corrected chi connectivity index (χ4v) is 3.28. The summed E-state index contributed by atoms with van der Waals surface area (Å²) in [6, 6.07) is 18.9.